The lowest BCUT2D eigenvalue weighted by molar-refractivity contribution is -0.116. The van der Waals surface area contributed by atoms with Crippen molar-refractivity contribution in [1.29, 1.82) is 0 Å². The lowest BCUT2D eigenvalue weighted by Crippen LogP contribution is -2.27. The van der Waals surface area contributed by atoms with Gasteiger partial charge in [0, 0.05) is 21.1 Å². The summed E-state index contributed by atoms with van der Waals surface area (Å²) in [5.41, 5.74) is 2.14. The second-order valence-corrected chi connectivity index (χ2v) is 8.06. The molecule has 6 nitrogen and oxygen atoms in total. The molecule has 0 unspecified atom stereocenters. The first-order valence-electron chi connectivity index (χ1n) is 8.71. The van der Waals surface area contributed by atoms with E-state index >= 15 is 0 Å². The number of hydrogen-bond acceptors (Lipinski definition) is 5. The number of nitrogens with zero attached hydrogens (tertiary/aromatic N) is 2. The van der Waals surface area contributed by atoms with Gasteiger partial charge in [-0.25, -0.2) is 4.98 Å². The van der Waals surface area contributed by atoms with Crippen molar-refractivity contribution >= 4 is 49.1 Å². The van der Waals surface area contributed by atoms with Crippen molar-refractivity contribution in [2.45, 2.75) is 6.54 Å². The number of amides is 1. The Morgan fingerprint density at radius 3 is 2.59 bits per heavy atom. The summed E-state index contributed by atoms with van der Waals surface area (Å²) < 4.78 is 7.40. The smallest absolute Gasteiger partial charge is 0.263 e. The predicted molar refractivity (Wildman–Crippen MR) is 119 cm³/mol. The standard InChI is InChI=1S/C21H16BrN3O3S/c1-28-16-8-6-15(7-9-16)24-18(26)10-25-12-23-20-19(21(25)27)17(11-29-20)13-2-4-14(22)5-3-13/h2-9,11-12H,10H2,1H3,(H,24,26). The summed E-state index contributed by atoms with van der Waals surface area (Å²) >= 11 is 4.83. The van der Waals surface area contributed by atoms with Gasteiger partial charge in [0.2, 0.25) is 5.91 Å². The molecule has 0 radical (unpaired) electrons. The Bertz CT molecular complexity index is 1230. The molecule has 0 fully saturated rings. The summed E-state index contributed by atoms with van der Waals surface area (Å²) in [6, 6.07) is 14.7. The Labute approximate surface area is 178 Å². The first kappa shape index (κ1) is 19.4. The van der Waals surface area contributed by atoms with Gasteiger partial charge in [0.25, 0.3) is 5.56 Å². The summed E-state index contributed by atoms with van der Waals surface area (Å²) in [6.07, 6.45) is 1.42. The zero-order chi connectivity index (χ0) is 20.4. The van der Waals surface area contributed by atoms with E-state index < -0.39 is 0 Å². The molecule has 0 aliphatic carbocycles. The van der Waals surface area contributed by atoms with Gasteiger partial charge in [-0.15, -0.1) is 11.3 Å². The maximum absolute atomic E-state index is 13.0. The molecule has 8 heteroatoms. The van der Waals surface area contributed by atoms with Crippen molar-refractivity contribution in [2.24, 2.45) is 0 Å². The normalized spacial score (nSPS) is 10.8. The largest absolute Gasteiger partial charge is 0.497 e. The van der Waals surface area contributed by atoms with Crippen LogP contribution < -0.4 is 15.6 Å². The van der Waals surface area contributed by atoms with Crippen LogP contribution in [-0.2, 0) is 11.3 Å². The number of hydrogen-bond donors (Lipinski definition) is 1. The van der Waals surface area contributed by atoms with E-state index in [0.717, 1.165) is 15.6 Å². The third kappa shape index (κ3) is 4.08. The molecule has 1 amide bonds. The van der Waals surface area contributed by atoms with Crippen molar-refractivity contribution in [1.82, 2.24) is 9.55 Å². The van der Waals surface area contributed by atoms with Gasteiger partial charge in [0.1, 0.15) is 17.1 Å². The molecule has 4 aromatic rings. The molecule has 2 aromatic carbocycles. The molecule has 146 valence electrons. The molecule has 0 aliphatic rings. The van der Waals surface area contributed by atoms with Crippen LogP contribution in [-0.4, -0.2) is 22.6 Å². The van der Waals surface area contributed by atoms with E-state index in [2.05, 4.69) is 26.2 Å². The maximum Gasteiger partial charge on any atom is 0.263 e. The lowest BCUT2D eigenvalue weighted by Gasteiger charge is -2.08. The van der Waals surface area contributed by atoms with Crippen LogP contribution in [0.2, 0.25) is 0 Å². The minimum atomic E-state index is -0.307. The minimum Gasteiger partial charge on any atom is -0.497 e. The average molecular weight is 470 g/mol. The molecule has 0 saturated carbocycles. The van der Waals surface area contributed by atoms with Crippen LogP contribution in [0.5, 0.6) is 5.75 Å². The van der Waals surface area contributed by atoms with Crippen LogP contribution in [0.4, 0.5) is 5.69 Å². The third-order valence-electron chi connectivity index (χ3n) is 4.40. The molecule has 0 atom stereocenters. The van der Waals surface area contributed by atoms with E-state index in [-0.39, 0.29) is 18.0 Å². The van der Waals surface area contributed by atoms with E-state index in [9.17, 15) is 9.59 Å². The highest BCUT2D eigenvalue weighted by atomic mass is 79.9. The number of fused-ring (bicyclic) bond motifs is 1. The van der Waals surface area contributed by atoms with Crippen molar-refractivity contribution in [3.05, 3.63) is 75.1 Å². The topological polar surface area (TPSA) is 73.2 Å². The van der Waals surface area contributed by atoms with Crippen LogP contribution in [0.3, 0.4) is 0 Å². The van der Waals surface area contributed by atoms with Gasteiger partial charge in [0.05, 0.1) is 18.8 Å². The Balaban J connectivity index is 1.61. The van der Waals surface area contributed by atoms with Gasteiger partial charge in [-0.3, -0.25) is 14.2 Å². The second kappa shape index (κ2) is 8.18. The fourth-order valence-corrected chi connectivity index (χ4v) is 4.12. The van der Waals surface area contributed by atoms with Crippen LogP contribution >= 0.6 is 27.3 Å². The number of thiophene rings is 1. The molecule has 4 rings (SSSR count). The molecule has 0 saturated heterocycles. The number of carbonyl (C=O) groups excluding carboxylic acids is 1. The number of methoxy groups -OCH3 is 1. The third-order valence-corrected chi connectivity index (χ3v) is 5.82. The highest BCUT2D eigenvalue weighted by Crippen LogP contribution is 2.31. The van der Waals surface area contributed by atoms with Crippen molar-refractivity contribution in [3.63, 3.8) is 0 Å². The maximum atomic E-state index is 13.0. The number of halogens is 1. The van der Waals surface area contributed by atoms with Crippen molar-refractivity contribution < 1.29 is 9.53 Å². The Morgan fingerprint density at radius 1 is 1.17 bits per heavy atom. The number of nitrogens with one attached hydrogen (secondary N) is 1. The van der Waals surface area contributed by atoms with Crippen LogP contribution in [0.1, 0.15) is 0 Å². The van der Waals surface area contributed by atoms with E-state index in [1.807, 2.05) is 29.6 Å². The predicted octanol–water partition coefficient (Wildman–Crippen LogP) is 4.53. The fourth-order valence-electron chi connectivity index (χ4n) is 2.95. The van der Waals surface area contributed by atoms with Crippen molar-refractivity contribution in [3.8, 4) is 16.9 Å². The Morgan fingerprint density at radius 2 is 1.90 bits per heavy atom. The first-order chi connectivity index (χ1) is 14.0. The van der Waals surface area contributed by atoms with Crippen molar-refractivity contribution in [2.75, 3.05) is 12.4 Å². The second-order valence-electron chi connectivity index (χ2n) is 6.29. The monoisotopic (exact) mass is 469 g/mol. The van der Waals surface area contributed by atoms with Crippen LogP contribution in [0, 0.1) is 0 Å². The highest BCUT2D eigenvalue weighted by Gasteiger charge is 2.15. The minimum absolute atomic E-state index is 0.122. The molecule has 1 N–H and O–H groups in total. The Hall–Kier alpha value is -2.97. The molecular weight excluding hydrogens is 454 g/mol. The fraction of sp³-hybridized carbons (Fsp3) is 0.0952. The summed E-state index contributed by atoms with van der Waals surface area (Å²) in [5.74, 6) is 0.394. The lowest BCUT2D eigenvalue weighted by atomic mass is 10.1. The van der Waals surface area contributed by atoms with Gasteiger partial charge in [-0.2, -0.15) is 0 Å². The van der Waals surface area contributed by atoms with Gasteiger partial charge < -0.3 is 10.1 Å². The van der Waals surface area contributed by atoms with Gasteiger partial charge in [-0.05, 0) is 42.0 Å². The number of benzene rings is 2. The summed E-state index contributed by atoms with van der Waals surface area (Å²) in [7, 11) is 1.58. The number of rotatable bonds is 5. The molecule has 2 heterocycles. The van der Waals surface area contributed by atoms with Gasteiger partial charge >= 0.3 is 0 Å². The van der Waals surface area contributed by atoms with E-state index in [0.29, 0.717) is 21.7 Å². The quantitative estimate of drug-likeness (QED) is 0.465. The van der Waals surface area contributed by atoms with Crippen LogP contribution in [0.15, 0.2) is 69.5 Å². The van der Waals surface area contributed by atoms with E-state index in [1.54, 1.807) is 31.4 Å². The van der Waals surface area contributed by atoms with E-state index in [4.69, 9.17) is 4.74 Å². The molecule has 2 aromatic heterocycles. The zero-order valence-corrected chi connectivity index (χ0v) is 17.8. The molecule has 29 heavy (non-hydrogen) atoms. The molecule has 0 spiro atoms. The summed E-state index contributed by atoms with van der Waals surface area (Å²) in [6.45, 7) is -0.122. The number of ether oxygens (including phenoxy) is 1. The molecular formula is C21H16BrN3O3S. The van der Waals surface area contributed by atoms with Crippen LogP contribution in [0.25, 0.3) is 21.3 Å². The molecule has 0 bridgehead atoms. The summed E-state index contributed by atoms with van der Waals surface area (Å²) in [5, 5.41) is 5.22. The zero-order valence-electron chi connectivity index (χ0n) is 15.4. The Kier molecular flexibility index (Phi) is 5.46. The summed E-state index contributed by atoms with van der Waals surface area (Å²) in [4.78, 5) is 30.5. The van der Waals surface area contributed by atoms with Gasteiger partial charge in [0.15, 0.2) is 0 Å². The SMILES string of the molecule is COc1ccc(NC(=O)Cn2cnc3scc(-c4ccc(Br)cc4)c3c2=O)cc1. The van der Waals surface area contributed by atoms with Gasteiger partial charge in [-0.1, -0.05) is 28.1 Å². The first-order valence-corrected chi connectivity index (χ1v) is 10.4. The average Bonchev–Trinajstić information content (AvgIpc) is 3.16. The number of anilines is 1. The number of aromatic nitrogens is 2. The van der Waals surface area contributed by atoms with E-state index in [1.165, 1.54) is 22.2 Å². The molecule has 0 aliphatic heterocycles. The number of carbonyl (C=O) groups is 1. The highest BCUT2D eigenvalue weighted by molar-refractivity contribution is 9.10.